The van der Waals surface area contributed by atoms with Crippen LogP contribution in [0.1, 0.15) is 141 Å². The molecule has 0 aliphatic rings. The molecule has 0 saturated carbocycles. The van der Waals surface area contributed by atoms with Crippen LogP contribution in [-0.4, -0.2) is 93.7 Å². The minimum Gasteiger partial charge on any atom is -0.494 e. The zero-order valence-electron chi connectivity index (χ0n) is 35.9. The third-order valence-corrected chi connectivity index (χ3v) is 10.2. The fourth-order valence-electron chi connectivity index (χ4n) is 6.12. The van der Waals surface area contributed by atoms with Crippen molar-refractivity contribution in [2.45, 2.75) is 155 Å². The number of hydrogen-bond acceptors (Lipinski definition) is 12. The Kier molecular flexibility index (Phi) is 32.3. The van der Waals surface area contributed by atoms with Crippen LogP contribution in [0.2, 0.25) is 0 Å². The highest BCUT2D eigenvalue weighted by Crippen LogP contribution is 2.35. The summed E-state index contributed by atoms with van der Waals surface area (Å²) in [7, 11) is 0. The largest absolute Gasteiger partial charge is 0.494 e. The number of unbranched alkanes of at least 4 members (excludes halogenated alkanes) is 3. The molecule has 0 aliphatic carbocycles. The summed E-state index contributed by atoms with van der Waals surface area (Å²) in [6.45, 7) is 25.6. The highest BCUT2D eigenvalue weighted by atomic mass is 16.5. The van der Waals surface area contributed by atoms with Crippen molar-refractivity contribution in [1.29, 1.82) is 0 Å². The van der Waals surface area contributed by atoms with Crippen molar-refractivity contribution in [3.8, 4) is 0 Å². The van der Waals surface area contributed by atoms with Gasteiger partial charge in [-0.2, -0.15) is 0 Å². The molecule has 0 aliphatic heterocycles. The summed E-state index contributed by atoms with van der Waals surface area (Å²) in [5, 5.41) is 10.2. The van der Waals surface area contributed by atoms with Crippen molar-refractivity contribution in [2.75, 3.05) is 46.1 Å². The molecule has 0 radical (unpaired) electrons. The van der Waals surface area contributed by atoms with Gasteiger partial charge in [0, 0.05) is 85.3 Å². The Morgan fingerprint density at radius 2 is 0.982 bits per heavy atom. The predicted molar refractivity (Wildman–Crippen MR) is 234 cm³/mol. The van der Waals surface area contributed by atoms with Gasteiger partial charge in [-0.05, 0) is 104 Å². The minimum absolute atomic E-state index is 0. The molecule has 12 nitrogen and oxygen atoms in total. The summed E-state index contributed by atoms with van der Waals surface area (Å²) >= 11 is 0. The van der Waals surface area contributed by atoms with Crippen molar-refractivity contribution < 1.29 is 47.2 Å². The summed E-state index contributed by atoms with van der Waals surface area (Å²) in [5.41, 5.74) is -0.480. The van der Waals surface area contributed by atoms with Crippen LogP contribution in [0.15, 0.2) is 50.3 Å². The number of carbonyl (C=O) groups is 5. The molecule has 57 heavy (non-hydrogen) atoms. The Hall–Kier alpha value is -3.61. The SMILES string of the molecule is C=CC(=C)OCCCCC(C)NCCC(=O)CCC(CC)(CCC(=O)CCNC(C)CCCCOC(=O)C=C)COC(=O)CCNC(C)CCCCOC(=O)C=C.[HH].[HH].[HH]. The molecule has 0 aromatic rings. The number of ketones is 2. The molecule has 0 bridgehead atoms. The molecule has 0 saturated heterocycles. The highest BCUT2D eigenvalue weighted by molar-refractivity contribution is 5.81. The molecule has 0 spiro atoms. The van der Waals surface area contributed by atoms with Crippen LogP contribution in [0.5, 0.6) is 0 Å². The lowest BCUT2D eigenvalue weighted by atomic mass is 9.76. The Bertz CT molecular complexity index is 1080. The van der Waals surface area contributed by atoms with Gasteiger partial charge in [0.25, 0.3) is 0 Å². The van der Waals surface area contributed by atoms with E-state index < -0.39 is 17.4 Å². The Morgan fingerprint density at radius 3 is 1.37 bits per heavy atom. The van der Waals surface area contributed by atoms with E-state index in [0.29, 0.717) is 90.2 Å². The second kappa shape index (κ2) is 34.4. The van der Waals surface area contributed by atoms with Gasteiger partial charge in [-0.15, -0.1) is 0 Å². The van der Waals surface area contributed by atoms with Crippen LogP contribution < -0.4 is 16.0 Å². The van der Waals surface area contributed by atoms with Crippen molar-refractivity contribution in [2.24, 2.45) is 5.41 Å². The maximum absolute atomic E-state index is 13.1. The maximum Gasteiger partial charge on any atom is 0.330 e. The van der Waals surface area contributed by atoms with Crippen LogP contribution >= 0.6 is 0 Å². The van der Waals surface area contributed by atoms with E-state index in [0.717, 1.165) is 69.9 Å². The summed E-state index contributed by atoms with van der Waals surface area (Å²) in [4.78, 5) is 61.3. The number of Topliss-reactive ketones (excluding diaryl/α,β-unsaturated/α-hetero) is 2. The number of allylic oxidation sites excluding steroid dienone is 1. The molecule has 4 atom stereocenters. The summed E-state index contributed by atoms with van der Waals surface area (Å²) < 4.78 is 21.3. The number of carbonyl (C=O) groups excluding carboxylic acids is 5. The maximum atomic E-state index is 13.1. The van der Waals surface area contributed by atoms with Gasteiger partial charge in [-0.1, -0.05) is 33.2 Å². The van der Waals surface area contributed by atoms with E-state index in [9.17, 15) is 24.0 Å². The summed E-state index contributed by atoms with van der Waals surface area (Å²) in [6.07, 6.45) is 15.4. The average Bonchev–Trinajstić information content (AvgIpc) is 3.19. The van der Waals surface area contributed by atoms with Crippen molar-refractivity contribution in [3.05, 3.63) is 50.3 Å². The van der Waals surface area contributed by atoms with Crippen molar-refractivity contribution in [1.82, 2.24) is 16.0 Å². The Morgan fingerprint density at radius 1 is 0.579 bits per heavy atom. The van der Waals surface area contributed by atoms with Gasteiger partial charge in [0.1, 0.15) is 17.3 Å². The van der Waals surface area contributed by atoms with Crippen molar-refractivity contribution >= 4 is 29.5 Å². The fraction of sp³-hybridized carbons (Fsp3) is 0.711. The first-order chi connectivity index (χ1) is 27.3. The molecular weight excluding hydrogens is 727 g/mol. The summed E-state index contributed by atoms with van der Waals surface area (Å²) in [5.74, 6) is -0.279. The third kappa shape index (κ3) is 31.1. The number of nitrogens with one attached hydrogen (secondary N) is 3. The molecule has 4 unspecified atom stereocenters. The molecule has 12 heteroatoms. The first kappa shape index (κ1) is 53.4. The Labute approximate surface area is 348 Å². The van der Waals surface area contributed by atoms with E-state index >= 15 is 0 Å². The average molecular weight is 810 g/mol. The van der Waals surface area contributed by atoms with Gasteiger partial charge in [0.05, 0.1) is 32.8 Å². The highest BCUT2D eigenvalue weighted by Gasteiger charge is 2.31. The van der Waals surface area contributed by atoms with Gasteiger partial charge < -0.3 is 34.9 Å². The number of esters is 3. The van der Waals surface area contributed by atoms with E-state index in [1.165, 1.54) is 0 Å². The third-order valence-electron chi connectivity index (χ3n) is 10.2. The fourth-order valence-corrected chi connectivity index (χ4v) is 6.12. The number of rotatable bonds is 40. The van der Waals surface area contributed by atoms with E-state index in [1.54, 1.807) is 6.08 Å². The predicted octanol–water partition coefficient (Wildman–Crippen LogP) is 8.15. The van der Waals surface area contributed by atoms with Crippen molar-refractivity contribution in [3.63, 3.8) is 0 Å². The smallest absolute Gasteiger partial charge is 0.330 e. The van der Waals surface area contributed by atoms with Crippen LogP contribution in [0, 0.1) is 5.41 Å². The summed E-state index contributed by atoms with van der Waals surface area (Å²) in [6, 6.07) is 0.685. The molecule has 3 N–H and O–H groups in total. The van der Waals surface area contributed by atoms with Crippen LogP contribution in [0.4, 0.5) is 0 Å². The normalized spacial score (nSPS) is 13.6. The van der Waals surface area contributed by atoms with Crippen LogP contribution in [0.25, 0.3) is 0 Å². The van der Waals surface area contributed by atoms with Gasteiger partial charge >= 0.3 is 17.9 Å². The van der Waals surface area contributed by atoms with Crippen LogP contribution in [-0.2, 0) is 42.9 Å². The molecule has 0 aromatic carbocycles. The second-order valence-electron chi connectivity index (χ2n) is 15.2. The van der Waals surface area contributed by atoms with Crippen LogP contribution in [0.3, 0.4) is 0 Å². The number of ether oxygens (including phenoxy) is 4. The zero-order valence-corrected chi connectivity index (χ0v) is 35.9. The lowest BCUT2D eigenvalue weighted by molar-refractivity contribution is -0.148. The first-order valence-corrected chi connectivity index (χ1v) is 21.2. The molecular formula is C45H83N3O9. The van der Waals surface area contributed by atoms with E-state index in [2.05, 4.69) is 63.0 Å². The number of hydrogen-bond donors (Lipinski definition) is 3. The van der Waals surface area contributed by atoms with Gasteiger partial charge in [0.15, 0.2) is 0 Å². The standard InChI is InChI=1S/C45H77N3O9.3H2/c1-9-39(8)54-32-16-13-19-36(5)46-29-24-40(49)22-27-45(12-4,28-23-41(50)25-30-47-37(6)20-14-17-33-55-42(51)10-2)35-57-44(53)26-31-48-38(7)21-15-18-34-56-43(52)11-3;;;/h9-11,36-38,46-48H,1-3,8,12-35H2,4-7H3;3*1H. The topological polar surface area (TPSA) is 158 Å². The monoisotopic (exact) mass is 810 g/mol. The van der Waals surface area contributed by atoms with E-state index in [1.807, 2.05) is 6.92 Å². The lowest BCUT2D eigenvalue weighted by Gasteiger charge is -2.32. The molecule has 0 rings (SSSR count). The second-order valence-corrected chi connectivity index (χ2v) is 15.2. The van der Waals surface area contributed by atoms with E-state index in [4.69, 9.17) is 18.9 Å². The van der Waals surface area contributed by atoms with E-state index in [-0.39, 0.29) is 53.0 Å². The quantitative estimate of drug-likeness (QED) is 0.0136. The zero-order chi connectivity index (χ0) is 42.7. The molecule has 0 heterocycles. The minimum atomic E-state index is -0.480. The molecule has 332 valence electrons. The van der Waals surface area contributed by atoms with Gasteiger partial charge in [-0.25, -0.2) is 9.59 Å². The van der Waals surface area contributed by atoms with Gasteiger partial charge in [0.2, 0.25) is 0 Å². The molecule has 0 amide bonds. The molecule has 0 fully saturated rings. The Balaban J connectivity index is -0.00000523. The van der Waals surface area contributed by atoms with Gasteiger partial charge in [-0.3, -0.25) is 14.4 Å². The first-order valence-electron chi connectivity index (χ1n) is 21.2. The lowest BCUT2D eigenvalue weighted by Crippen LogP contribution is -2.33. The molecule has 0 aromatic heterocycles.